The number of aromatic nitrogens is 1. The third-order valence-electron chi connectivity index (χ3n) is 4.34. The second-order valence-corrected chi connectivity index (χ2v) is 7.22. The molecule has 2 heterocycles. The monoisotopic (exact) mass is 345 g/mol. The number of benzene rings is 3. The molecule has 0 bridgehead atoms. The van der Waals surface area contributed by atoms with Gasteiger partial charge < -0.3 is 0 Å². The first kappa shape index (κ1) is 14.0. The third kappa shape index (κ3) is 1.97. The lowest BCUT2D eigenvalue weighted by Gasteiger charge is -2.08. The van der Waals surface area contributed by atoms with Gasteiger partial charge in [0.15, 0.2) is 0 Å². The van der Waals surface area contributed by atoms with E-state index in [1.807, 2.05) is 30.3 Å². The van der Waals surface area contributed by atoms with Gasteiger partial charge in [-0.05, 0) is 12.1 Å². The van der Waals surface area contributed by atoms with Crippen LogP contribution >= 0.6 is 22.9 Å². The molecule has 0 saturated carbocycles. The van der Waals surface area contributed by atoms with Gasteiger partial charge in [0.05, 0.1) is 20.9 Å². The quantitative estimate of drug-likeness (QED) is 0.321. The molecule has 3 heteroatoms. The molecular weight excluding hydrogens is 334 g/mol. The van der Waals surface area contributed by atoms with Crippen LogP contribution in [0.5, 0.6) is 0 Å². The van der Waals surface area contributed by atoms with Gasteiger partial charge in [-0.2, -0.15) is 0 Å². The van der Waals surface area contributed by atoms with Crippen molar-refractivity contribution in [2.75, 3.05) is 0 Å². The van der Waals surface area contributed by atoms with Gasteiger partial charge in [0, 0.05) is 26.4 Å². The Morgan fingerprint density at radius 3 is 2.38 bits per heavy atom. The Hall–Kier alpha value is -2.42. The maximum absolute atomic E-state index is 6.48. The molecule has 0 amide bonds. The van der Waals surface area contributed by atoms with Gasteiger partial charge in [-0.25, -0.2) is 4.98 Å². The molecule has 5 aromatic rings. The van der Waals surface area contributed by atoms with Gasteiger partial charge >= 0.3 is 0 Å². The Bertz CT molecular complexity index is 1210. The van der Waals surface area contributed by atoms with Crippen molar-refractivity contribution in [1.82, 2.24) is 4.98 Å². The first-order chi connectivity index (χ1) is 11.8. The summed E-state index contributed by atoms with van der Waals surface area (Å²) in [5, 5.41) is 4.34. The molecule has 114 valence electrons. The van der Waals surface area contributed by atoms with Crippen LogP contribution in [0.4, 0.5) is 0 Å². The minimum Gasteiger partial charge on any atom is -0.245 e. The molecule has 0 aliphatic heterocycles. The molecule has 0 fully saturated rings. The van der Waals surface area contributed by atoms with E-state index in [2.05, 4.69) is 42.5 Å². The van der Waals surface area contributed by atoms with Crippen LogP contribution in [0.2, 0.25) is 5.02 Å². The zero-order valence-corrected chi connectivity index (χ0v) is 14.2. The lowest BCUT2D eigenvalue weighted by Crippen LogP contribution is -1.88. The number of nitrogens with zero attached hydrogens (tertiary/aromatic N) is 1. The van der Waals surface area contributed by atoms with Crippen molar-refractivity contribution in [2.24, 2.45) is 0 Å². The van der Waals surface area contributed by atoms with Crippen LogP contribution in [0.15, 0.2) is 72.8 Å². The van der Waals surface area contributed by atoms with E-state index in [-0.39, 0.29) is 0 Å². The fourth-order valence-electron chi connectivity index (χ4n) is 3.26. The Balaban J connectivity index is 2.07. The molecule has 0 unspecified atom stereocenters. The van der Waals surface area contributed by atoms with Crippen LogP contribution in [0, 0.1) is 0 Å². The highest BCUT2D eigenvalue weighted by molar-refractivity contribution is 7.26. The van der Waals surface area contributed by atoms with Crippen molar-refractivity contribution in [3.63, 3.8) is 0 Å². The third-order valence-corrected chi connectivity index (χ3v) is 5.82. The van der Waals surface area contributed by atoms with Crippen LogP contribution in [0.1, 0.15) is 0 Å². The van der Waals surface area contributed by atoms with Gasteiger partial charge in [-0.3, -0.25) is 0 Å². The van der Waals surface area contributed by atoms with Crippen molar-refractivity contribution in [2.45, 2.75) is 0 Å². The van der Waals surface area contributed by atoms with Crippen molar-refractivity contribution in [3.8, 4) is 11.3 Å². The molecule has 24 heavy (non-hydrogen) atoms. The number of thiophene rings is 1. The number of fused-ring (bicyclic) bond motifs is 5. The van der Waals surface area contributed by atoms with Crippen molar-refractivity contribution in [1.29, 1.82) is 0 Å². The molecule has 3 aromatic carbocycles. The Morgan fingerprint density at radius 2 is 1.50 bits per heavy atom. The minimum atomic E-state index is 0.696. The Labute approximate surface area is 148 Å². The summed E-state index contributed by atoms with van der Waals surface area (Å²) in [6.45, 7) is 0. The van der Waals surface area contributed by atoms with Gasteiger partial charge in [-0.15, -0.1) is 11.3 Å². The molecule has 0 spiro atoms. The van der Waals surface area contributed by atoms with Crippen LogP contribution in [0.3, 0.4) is 0 Å². The number of para-hydroxylation sites is 1. The van der Waals surface area contributed by atoms with Gasteiger partial charge in [-0.1, -0.05) is 72.3 Å². The van der Waals surface area contributed by atoms with Gasteiger partial charge in [0.2, 0.25) is 0 Å². The predicted molar refractivity (Wildman–Crippen MR) is 105 cm³/mol. The first-order valence-electron chi connectivity index (χ1n) is 7.78. The topological polar surface area (TPSA) is 12.9 Å². The molecule has 0 radical (unpaired) electrons. The normalized spacial score (nSPS) is 11.5. The standard InChI is InChI=1S/C21H12ClNS/c22-16-11-6-10-15-18-14-9-4-5-12-17(14)24-21(18)19(23-20(15)16)13-7-2-1-3-8-13/h1-12H. The maximum Gasteiger partial charge on any atom is 0.0903 e. The van der Waals surface area contributed by atoms with E-state index >= 15 is 0 Å². The molecule has 2 aromatic heterocycles. The summed E-state index contributed by atoms with van der Waals surface area (Å²) in [6, 6.07) is 24.9. The molecule has 0 atom stereocenters. The van der Waals surface area contributed by atoms with E-state index in [9.17, 15) is 0 Å². The molecule has 1 nitrogen and oxygen atoms in total. The molecule has 0 aliphatic carbocycles. The Kier molecular flexibility index (Phi) is 3.09. The lowest BCUT2D eigenvalue weighted by atomic mass is 10.0. The highest BCUT2D eigenvalue weighted by atomic mass is 35.5. The molecule has 0 N–H and O–H groups in total. The van der Waals surface area contributed by atoms with Crippen LogP contribution in [-0.4, -0.2) is 4.98 Å². The highest BCUT2D eigenvalue weighted by Crippen LogP contribution is 2.43. The molecular formula is C21H12ClNS. The highest BCUT2D eigenvalue weighted by Gasteiger charge is 2.16. The van der Waals surface area contributed by atoms with E-state index in [4.69, 9.17) is 16.6 Å². The summed E-state index contributed by atoms with van der Waals surface area (Å²) in [4.78, 5) is 4.95. The van der Waals surface area contributed by atoms with Crippen molar-refractivity contribution < 1.29 is 0 Å². The summed E-state index contributed by atoms with van der Waals surface area (Å²) >= 11 is 8.27. The SMILES string of the molecule is Clc1cccc2c1nc(-c1ccccc1)c1sc3ccccc3c12. The van der Waals surface area contributed by atoms with E-state index in [0.29, 0.717) is 5.02 Å². The fraction of sp³-hybridized carbons (Fsp3) is 0. The average Bonchev–Trinajstić information content (AvgIpc) is 3.02. The zero-order chi connectivity index (χ0) is 16.1. The molecule has 0 aliphatic rings. The summed E-state index contributed by atoms with van der Waals surface area (Å²) in [5.41, 5.74) is 3.00. The van der Waals surface area contributed by atoms with Crippen LogP contribution < -0.4 is 0 Å². The van der Waals surface area contributed by atoms with Gasteiger partial charge in [0.25, 0.3) is 0 Å². The van der Waals surface area contributed by atoms with E-state index < -0.39 is 0 Å². The minimum absolute atomic E-state index is 0.696. The number of halogens is 1. The van der Waals surface area contributed by atoms with Crippen molar-refractivity contribution in [3.05, 3.63) is 77.8 Å². The predicted octanol–water partition coefficient (Wildman–Crippen LogP) is 6.92. The summed E-state index contributed by atoms with van der Waals surface area (Å²) in [6.07, 6.45) is 0. The summed E-state index contributed by atoms with van der Waals surface area (Å²) in [5.74, 6) is 0. The number of rotatable bonds is 1. The zero-order valence-electron chi connectivity index (χ0n) is 12.7. The second-order valence-electron chi connectivity index (χ2n) is 5.76. The molecule has 0 saturated heterocycles. The van der Waals surface area contributed by atoms with E-state index in [1.165, 1.54) is 20.2 Å². The van der Waals surface area contributed by atoms with E-state index in [0.717, 1.165) is 22.2 Å². The average molecular weight is 346 g/mol. The van der Waals surface area contributed by atoms with Crippen molar-refractivity contribution >= 4 is 54.0 Å². The van der Waals surface area contributed by atoms with E-state index in [1.54, 1.807) is 11.3 Å². The smallest absolute Gasteiger partial charge is 0.0903 e. The summed E-state index contributed by atoms with van der Waals surface area (Å²) in [7, 11) is 0. The van der Waals surface area contributed by atoms with Gasteiger partial charge in [0.1, 0.15) is 0 Å². The van der Waals surface area contributed by atoms with Crippen LogP contribution in [-0.2, 0) is 0 Å². The number of hydrogen-bond donors (Lipinski definition) is 0. The fourth-order valence-corrected chi connectivity index (χ4v) is 4.71. The summed E-state index contributed by atoms with van der Waals surface area (Å²) < 4.78 is 2.50. The maximum atomic E-state index is 6.48. The molecule has 5 rings (SSSR count). The largest absolute Gasteiger partial charge is 0.245 e. The second kappa shape index (κ2) is 5.30. The number of hydrogen-bond acceptors (Lipinski definition) is 2. The van der Waals surface area contributed by atoms with Crippen LogP contribution in [0.25, 0.3) is 42.3 Å². The number of pyridine rings is 1. The first-order valence-corrected chi connectivity index (χ1v) is 8.97. The lowest BCUT2D eigenvalue weighted by molar-refractivity contribution is 1.44. The Morgan fingerprint density at radius 1 is 0.750 bits per heavy atom.